The Bertz CT molecular complexity index is 773. The van der Waals surface area contributed by atoms with E-state index in [1.165, 1.54) is 28.8 Å². The summed E-state index contributed by atoms with van der Waals surface area (Å²) < 4.78 is 2.95. The molecule has 2 aliphatic heterocycles. The molecule has 6 nitrogen and oxygen atoms in total. The lowest BCUT2D eigenvalue weighted by atomic mass is 10.1. The molecule has 0 saturated carbocycles. The number of carbonyl (C=O) groups excluding carboxylic acids is 1. The van der Waals surface area contributed by atoms with Crippen LogP contribution in [0.1, 0.15) is 38.2 Å². The van der Waals surface area contributed by atoms with Gasteiger partial charge < -0.3 is 4.90 Å². The molecule has 3 rings (SSSR count). The number of piperidine rings is 1. The fourth-order valence-electron chi connectivity index (χ4n) is 3.23. The summed E-state index contributed by atoms with van der Waals surface area (Å²) in [5, 5.41) is 0.694. The molecule has 1 aromatic heterocycles. The third kappa shape index (κ3) is 3.22. The first kappa shape index (κ1) is 17.1. The smallest absolute Gasteiger partial charge is 0.331 e. The molecule has 7 heteroatoms. The van der Waals surface area contributed by atoms with Crippen molar-refractivity contribution < 1.29 is 4.79 Å². The lowest BCUT2D eigenvalue weighted by molar-refractivity contribution is -0.126. The first-order valence-corrected chi connectivity index (χ1v) is 9.59. The van der Waals surface area contributed by atoms with E-state index in [4.69, 9.17) is 0 Å². The molecule has 3 heterocycles. The normalized spacial score (nSPS) is 17.5. The van der Waals surface area contributed by atoms with E-state index in [1.54, 1.807) is 10.6 Å². The summed E-state index contributed by atoms with van der Waals surface area (Å²) in [6, 6.07) is 0. The van der Waals surface area contributed by atoms with Crippen LogP contribution in [-0.4, -0.2) is 38.8 Å². The van der Waals surface area contributed by atoms with Crippen LogP contribution in [0.2, 0.25) is 0 Å². The average molecular weight is 349 g/mol. The minimum absolute atomic E-state index is 0.0518. The summed E-state index contributed by atoms with van der Waals surface area (Å²) in [7, 11) is 0. The number of hydrogen-bond acceptors (Lipinski definition) is 4. The highest BCUT2D eigenvalue weighted by molar-refractivity contribution is 7.99. The topological polar surface area (TPSA) is 64.3 Å². The average Bonchev–Trinajstić information content (AvgIpc) is 3.09. The van der Waals surface area contributed by atoms with Crippen molar-refractivity contribution in [2.24, 2.45) is 0 Å². The van der Waals surface area contributed by atoms with Crippen LogP contribution in [0.15, 0.2) is 20.7 Å². The van der Waals surface area contributed by atoms with E-state index in [-0.39, 0.29) is 17.2 Å². The number of fused-ring (bicyclic) bond motifs is 1. The number of nitrogens with zero attached hydrogens (tertiary/aromatic N) is 3. The van der Waals surface area contributed by atoms with Crippen LogP contribution in [0.3, 0.4) is 0 Å². The van der Waals surface area contributed by atoms with Crippen molar-refractivity contribution in [3.05, 3.63) is 32.5 Å². The molecule has 0 aliphatic carbocycles. The van der Waals surface area contributed by atoms with Crippen molar-refractivity contribution in [1.82, 2.24) is 14.0 Å². The first-order valence-electron chi connectivity index (χ1n) is 8.61. The van der Waals surface area contributed by atoms with Gasteiger partial charge in [-0.25, -0.2) is 4.79 Å². The van der Waals surface area contributed by atoms with Gasteiger partial charge in [0, 0.05) is 38.0 Å². The van der Waals surface area contributed by atoms with Gasteiger partial charge in [0.25, 0.3) is 5.56 Å². The van der Waals surface area contributed by atoms with E-state index < -0.39 is 0 Å². The maximum absolute atomic E-state index is 12.7. The largest absolute Gasteiger partial charge is 0.339 e. The molecular formula is C17H23N3O3S. The fraction of sp³-hybridized carbons (Fsp3) is 0.588. The van der Waals surface area contributed by atoms with Crippen LogP contribution < -0.4 is 11.2 Å². The Morgan fingerprint density at radius 2 is 1.92 bits per heavy atom. The summed E-state index contributed by atoms with van der Waals surface area (Å²) in [5.41, 5.74) is -0.0533. The molecule has 0 aromatic carbocycles. The number of hydrogen-bond donors (Lipinski definition) is 0. The van der Waals surface area contributed by atoms with Gasteiger partial charge in [-0.15, -0.1) is 11.8 Å². The standard InChI is InChI=1S/C17H23N3O3S/c1-2-8-19-15(22)13(16-20(17(19)23)11-12-24-16)6-7-14(21)18-9-4-3-5-10-18/h6-7H,2-5,8-12H2,1H3. The molecule has 0 spiro atoms. The number of amides is 1. The van der Waals surface area contributed by atoms with Crippen molar-refractivity contribution in [3.8, 4) is 0 Å². The number of thioether (sulfide) groups is 1. The predicted octanol–water partition coefficient (Wildman–Crippen LogP) is 1.55. The molecule has 0 radical (unpaired) electrons. The highest BCUT2D eigenvalue weighted by Gasteiger charge is 2.22. The Labute approximate surface area is 145 Å². The summed E-state index contributed by atoms with van der Waals surface area (Å²) in [5.74, 6) is 0.732. The predicted molar refractivity (Wildman–Crippen MR) is 95.4 cm³/mol. The van der Waals surface area contributed by atoms with Crippen molar-refractivity contribution in [2.45, 2.75) is 50.7 Å². The summed E-state index contributed by atoms with van der Waals surface area (Å²) >= 11 is 1.51. The van der Waals surface area contributed by atoms with E-state index >= 15 is 0 Å². The summed E-state index contributed by atoms with van der Waals surface area (Å²) in [6.45, 7) is 4.52. The molecule has 1 fully saturated rings. The maximum Gasteiger partial charge on any atom is 0.331 e. The van der Waals surface area contributed by atoms with E-state index in [9.17, 15) is 14.4 Å². The summed E-state index contributed by atoms with van der Waals surface area (Å²) in [4.78, 5) is 39.3. The van der Waals surface area contributed by atoms with E-state index in [1.807, 2.05) is 11.8 Å². The minimum Gasteiger partial charge on any atom is -0.339 e. The van der Waals surface area contributed by atoms with E-state index in [0.717, 1.165) is 38.1 Å². The van der Waals surface area contributed by atoms with Crippen LogP contribution in [0.5, 0.6) is 0 Å². The Kier molecular flexibility index (Phi) is 5.28. The Morgan fingerprint density at radius 3 is 2.62 bits per heavy atom. The molecule has 1 aromatic rings. The molecule has 130 valence electrons. The van der Waals surface area contributed by atoms with Gasteiger partial charge in [0.1, 0.15) is 0 Å². The molecule has 0 N–H and O–H groups in total. The first-order chi connectivity index (χ1) is 11.6. The second-order valence-electron chi connectivity index (χ2n) is 6.18. The monoisotopic (exact) mass is 349 g/mol. The third-order valence-corrected chi connectivity index (χ3v) is 5.57. The van der Waals surface area contributed by atoms with Gasteiger partial charge in [0.15, 0.2) is 0 Å². The van der Waals surface area contributed by atoms with Crippen molar-refractivity contribution >= 4 is 23.7 Å². The molecule has 1 saturated heterocycles. The van der Waals surface area contributed by atoms with Crippen LogP contribution in [0.4, 0.5) is 0 Å². The van der Waals surface area contributed by atoms with Gasteiger partial charge in [0.05, 0.1) is 10.6 Å². The maximum atomic E-state index is 12.7. The second kappa shape index (κ2) is 7.42. The lowest BCUT2D eigenvalue weighted by Crippen LogP contribution is -2.41. The Morgan fingerprint density at radius 1 is 1.17 bits per heavy atom. The molecule has 0 atom stereocenters. The van der Waals surface area contributed by atoms with Crippen molar-refractivity contribution in [3.63, 3.8) is 0 Å². The highest BCUT2D eigenvalue weighted by atomic mass is 32.2. The quantitative estimate of drug-likeness (QED) is 0.611. The zero-order valence-corrected chi connectivity index (χ0v) is 14.8. The number of carbonyl (C=O) groups is 1. The molecule has 0 unspecified atom stereocenters. The Hall–Kier alpha value is -1.76. The van der Waals surface area contributed by atoms with Gasteiger partial charge in [-0.1, -0.05) is 6.92 Å². The van der Waals surface area contributed by atoms with Gasteiger partial charge in [-0.05, 0) is 31.8 Å². The van der Waals surface area contributed by atoms with Gasteiger partial charge >= 0.3 is 5.69 Å². The van der Waals surface area contributed by atoms with Crippen LogP contribution in [0, 0.1) is 0 Å². The second-order valence-corrected chi connectivity index (χ2v) is 7.26. The van der Waals surface area contributed by atoms with Crippen LogP contribution >= 0.6 is 11.8 Å². The highest BCUT2D eigenvalue weighted by Crippen LogP contribution is 2.26. The zero-order valence-electron chi connectivity index (χ0n) is 14.0. The van der Waals surface area contributed by atoms with Crippen LogP contribution in [0.25, 0.3) is 6.08 Å². The lowest BCUT2D eigenvalue weighted by Gasteiger charge is -2.25. The number of likely N-dealkylation sites (tertiary alicyclic amines) is 1. The fourth-order valence-corrected chi connectivity index (χ4v) is 4.33. The Balaban J connectivity index is 1.95. The number of aromatic nitrogens is 2. The molecule has 24 heavy (non-hydrogen) atoms. The number of rotatable bonds is 4. The van der Waals surface area contributed by atoms with Gasteiger partial charge in [0.2, 0.25) is 5.91 Å². The van der Waals surface area contributed by atoms with Crippen LogP contribution in [-0.2, 0) is 17.9 Å². The van der Waals surface area contributed by atoms with Gasteiger partial charge in [-0.3, -0.25) is 18.7 Å². The van der Waals surface area contributed by atoms with E-state index in [0.29, 0.717) is 23.7 Å². The minimum atomic E-state index is -0.287. The molecular weight excluding hydrogens is 326 g/mol. The van der Waals surface area contributed by atoms with E-state index in [2.05, 4.69) is 0 Å². The summed E-state index contributed by atoms with van der Waals surface area (Å²) in [6.07, 6.45) is 7.06. The molecule has 1 amide bonds. The molecule has 0 bridgehead atoms. The zero-order chi connectivity index (χ0) is 17.1. The van der Waals surface area contributed by atoms with Crippen molar-refractivity contribution in [2.75, 3.05) is 18.8 Å². The van der Waals surface area contributed by atoms with Gasteiger partial charge in [-0.2, -0.15) is 0 Å². The molecule has 2 aliphatic rings. The van der Waals surface area contributed by atoms with Crippen molar-refractivity contribution in [1.29, 1.82) is 0 Å². The SMILES string of the molecule is CCCn1c(=O)c(C=CC(=O)N2CCCCC2)c2n(c1=O)CCS2. The third-order valence-electron chi connectivity index (χ3n) is 4.47.